The predicted octanol–water partition coefficient (Wildman–Crippen LogP) is 0.865. The number of rotatable bonds is 4. The third kappa shape index (κ3) is 3.52. The number of carbonyl (C=O) groups is 2. The van der Waals surface area contributed by atoms with E-state index in [-0.39, 0.29) is 18.5 Å². The summed E-state index contributed by atoms with van der Waals surface area (Å²) in [7, 11) is 1.67. The first-order valence-electron chi connectivity index (χ1n) is 6.97. The van der Waals surface area contributed by atoms with Gasteiger partial charge < -0.3 is 20.1 Å². The molecule has 6 heteroatoms. The van der Waals surface area contributed by atoms with Gasteiger partial charge in [-0.05, 0) is 31.0 Å². The lowest BCUT2D eigenvalue weighted by atomic mass is 10.1. The molecule has 0 saturated carbocycles. The summed E-state index contributed by atoms with van der Waals surface area (Å²) in [6, 6.07) is 4.88. The van der Waals surface area contributed by atoms with E-state index in [4.69, 9.17) is 15.2 Å². The van der Waals surface area contributed by atoms with Crippen LogP contribution < -0.4 is 15.4 Å². The number of nitrogens with two attached hydrogens (primary N) is 1. The van der Waals surface area contributed by atoms with E-state index in [0.717, 1.165) is 5.56 Å². The Kier molecular flexibility index (Phi) is 4.80. The predicted molar refractivity (Wildman–Crippen MR) is 78.3 cm³/mol. The number of hydrogen-bond donors (Lipinski definition) is 1. The van der Waals surface area contributed by atoms with Crippen molar-refractivity contribution in [3.05, 3.63) is 23.8 Å². The normalized spacial score (nSPS) is 17.8. The molecule has 1 atom stereocenters. The van der Waals surface area contributed by atoms with Crippen LogP contribution >= 0.6 is 0 Å². The fraction of sp³-hybridized carbons (Fsp3) is 0.467. The van der Waals surface area contributed by atoms with Crippen molar-refractivity contribution in [3.8, 4) is 5.75 Å². The molecule has 0 aromatic heterocycles. The van der Waals surface area contributed by atoms with Crippen molar-refractivity contribution in [2.75, 3.05) is 25.2 Å². The average Bonchev–Trinajstić information content (AvgIpc) is 2.58. The lowest BCUT2D eigenvalue weighted by Crippen LogP contribution is -2.43. The molecule has 0 unspecified atom stereocenters. The van der Waals surface area contributed by atoms with Crippen molar-refractivity contribution >= 4 is 17.6 Å². The number of fused-ring (bicyclic) bond motifs is 1. The summed E-state index contributed by atoms with van der Waals surface area (Å²) in [6.07, 6.45) is 0.866. The Morgan fingerprint density at radius 1 is 1.52 bits per heavy atom. The third-order valence-corrected chi connectivity index (χ3v) is 3.37. The molecule has 1 aromatic carbocycles. The van der Waals surface area contributed by atoms with Crippen molar-refractivity contribution < 1.29 is 19.1 Å². The Morgan fingerprint density at radius 2 is 2.29 bits per heavy atom. The molecule has 0 saturated heterocycles. The number of esters is 1. The summed E-state index contributed by atoms with van der Waals surface area (Å²) in [5, 5.41) is 0. The SMILES string of the molecule is CCOC(=O)CCc1ccc2c(c1)N(C)C(=O)[C@@H](N)CO2. The summed E-state index contributed by atoms with van der Waals surface area (Å²) in [5.74, 6) is 0.213. The Hall–Kier alpha value is -2.08. The molecular weight excluding hydrogens is 272 g/mol. The molecule has 0 aliphatic carbocycles. The fourth-order valence-corrected chi connectivity index (χ4v) is 2.20. The molecule has 21 heavy (non-hydrogen) atoms. The van der Waals surface area contributed by atoms with Crippen LogP contribution in [-0.4, -0.2) is 38.2 Å². The molecule has 114 valence electrons. The van der Waals surface area contributed by atoms with E-state index >= 15 is 0 Å². The zero-order chi connectivity index (χ0) is 15.4. The van der Waals surface area contributed by atoms with Gasteiger partial charge in [0.2, 0.25) is 5.91 Å². The van der Waals surface area contributed by atoms with Crippen LogP contribution in [0.15, 0.2) is 18.2 Å². The van der Waals surface area contributed by atoms with Gasteiger partial charge in [-0.25, -0.2) is 0 Å². The standard InChI is InChI=1S/C15H20N2O4/c1-3-20-14(18)7-5-10-4-6-13-12(8-10)17(2)15(19)11(16)9-21-13/h4,6,8,11H,3,5,7,9,16H2,1-2H3/t11-/m0/s1. The topological polar surface area (TPSA) is 81.9 Å². The zero-order valence-corrected chi connectivity index (χ0v) is 12.3. The minimum Gasteiger partial charge on any atom is -0.489 e. The van der Waals surface area contributed by atoms with Gasteiger partial charge in [0.1, 0.15) is 18.4 Å². The van der Waals surface area contributed by atoms with Crippen LogP contribution in [0.1, 0.15) is 18.9 Å². The van der Waals surface area contributed by atoms with Crippen LogP contribution in [0, 0.1) is 0 Å². The summed E-state index contributed by atoms with van der Waals surface area (Å²) in [6.45, 7) is 2.33. The Bertz CT molecular complexity index is 544. The third-order valence-electron chi connectivity index (χ3n) is 3.37. The molecule has 1 aromatic rings. The average molecular weight is 292 g/mol. The highest BCUT2D eigenvalue weighted by Crippen LogP contribution is 2.31. The van der Waals surface area contributed by atoms with E-state index in [9.17, 15) is 9.59 Å². The zero-order valence-electron chi connectivity index (χ0n) is 12.3. The van der Waals surface area contributed by atoms with Gasteiger partial charge in [-0.1, -0.05) is 6.07 Å². The van der Waals surface area contributed by atoms with Gasteiger partial charge >= 0.3 is 5.97 Å². The van der Waals surface area contributed by atoms with Crippen LogP contribution in [0.25, 0.3) is 0 Å². The summed E-state index contributed by atoms with van der Waals surface area (Å²) in [5.41, 5.74) is 7.36. The van der Waals surface area contributed by atoms with Crippen LogP contribution in [0.3, 0.4) is 0 Å². The summed E-state index contributed by atoms with van der Waals surface area (Å²) < 4.78 is 10.4. The minimum atomic E-state index is -0.662. The van der Waals surface area contributed by atoms with E-state index in [1.54, 1.807) is 20.0 Å². The van der Waals surface area contributed by atoms with Crippen molar-refractivity contribution in [1.29, 1.82) is 0 Å². The smallest absolute Gasteiger partial charge is 0.306 e. The molecule has 0 radical (unpaired) electrons. The van der Waals surface area contributed by atoms with E-state index in [2.05, 4.69) is 0 Å². The second kappa shape index (κ2) is 6.58. The van der Waals surface area contributed by atoms with Crippen LogP contribution in [0.4, 0.5) is 5.69 Å². The van der Waals surface area contributed by atoms with Crippen LogP contribution in [-0.2, 0) is 20.7 Å². The molecule has 1 aliphatic rings. The second-order valence-electron chi connectivity index (χ2n) is 4.92. The van der Waals surface area contributed by atoms with Crippen molar-refractivity contribution in [1.82, 2.24) is 0 Å². The first-order valence-corrected chi connectivity index (χ1v) is 6.97. The number of carbonyl (C=O) groups excluding carboxylic acids is 2. The molecule has 6 nitrogen and oxygen atoms in total. The largest absolute Gasteiger partial charge is 0.489 e. The maximum atomic E-state index is 12.0. The maximum absolute atomic E-state index is 12.0. The molecule has 1 amide bonds. The second-order valence-corrected chi connectivity index (χ2v) is 4.92. The van der Waals surface area contributed by atoms with Gasteiger partial charge in [-0.15, -0.1) is 0 Å². The van der Waals surface area contributed by atoms with Crippen molar-refractivity contribution in [2.45, 2.75) is 25.8 Å². The quantitative estimate of drug-likeness (QED) is 0.833. The van der Waals surface area contributed by atoms with E-state index < -0.39 is 6.04 Å². The highest BCUT2D eigenvalue weighted by atomic mass is 16.5. The van der Waals surface area contributed by atoms with E-state index in [1.807, 2.05) is 12.1 Å². The molecule has 2 N–H and O–H groups in total. The molecular formula is C15H20N2O4. The molecule has 1 aliphatic heterocycles. The van der Waals surface area contributed by atoms with E-state index in [1.165, 1.54) is 4.90 Å². The van der Waals surface area contributed by atoms with Gasteiger partial charge in [0.25, 0.3) is 0 Å². The van der Waals surface area contributed by atoms with E-state index in [0.29, 0.717) is 30.9 Å². The molecule has 0 bridgehead atoms. The van der Waals surface area contributed by atoms with Gasteiger partial charge in [-0.2, -0.15) is 0 Å². The number of amides is 1. The summed E-state index contributed by atoms with van der Waals surface area (Å²) in [4.78, 5) is 24.9. The Labute approximate surface area is 123 Å². The number of hydrogen-bond acceptors (Lipinski definition) is 5. The first-order chi connectivity index (χ1) is 10.0. The number of aryl methyl sites for hydroxylation is 1. The first kappa shape index (κ1) is 15.3. The highest BCUT2D eigenvalue weighted by molar-refractivity contribution is 5.98. The van der Waals surface area contributed by atoms with Crippen molar-refractivity contribution in [3.63, 3.8) is 0 Å². The lowest BCUT2D eigenvalue weighted by molar-refractivity contribution is -0.143. The number of likely N-dealkylation sites (N-methyl/N-ethyl adjacent to an activating group) is 1. The van der Waals surface area contributed by atoms with Gasteiger partial charge in [0, 0.05) is 13.5 Å². The highest BCUT2D eigenvalue weighted by Gasteiger charge is 2.26. The number of benzene rings is 1. The molecule has 0 spiro atoms. The summed E-state index contributed by atoms with van der Waals surface area (Å²) >= 11 is 0. The Balaban J connectivity index is 2.15. The number of anilines is 1. The van der Waals surface area contributed by atoms with Crippen LogP contribution in [0.5, 0.6) is 5.75 Å². The van der Waals surface area contributed by atoms with Gasteiger partial charge in [0.15, 0.2) is 0 Å². The van der Waals surface area contributed by atoms with Crippen LogP contribution in [0.2, 0.25) is 0 Å². The molecule has 2 rings (SSSR count). The Morgan fingerprint density at radius 3 is 3.00 bits per heavy atom. The minimum absolute atomic E-state index is 0.165. The molecule has 1 heterocycles. The monoisotopic (exact) mass is 292 g/mol. The van der Waals surface area contributed by atoms with Gasteiger partial charge in [-0.3, -0.25) is 9.59 Å². The number of nitrogens with zero attached hydrogens (tertiary/aromatic N) is 1. The van der Waals surface area contributed by atoms with Gasteiger partial charge in [0.05, 0.1) is 12.3 Å². The van der Waals surface area contributed by atoms with Crippen molar-refractivity contribution in [2.24, 2.45) is 5.73 Å². The number of ether oxygens (including phenoxy) is 2. The maximum Gasteiger partial charge on any atom is 0.306 e. The lowest BCUT2D eigenvalue weighted by Gasteiger charge is -2.18. The fourth-order valence-electron chi connectivity index (χ4n) is 2.20. The molecule has 0 fully saturated rings.